The molecule has 74 valence electrons. The molecule has 1 rings (SSSR count). The molecule has 1 heterocycles. The van der Waals surface area contributed by atoms with Crippen LogP contribution in [0.25, 0.3) is 0 Å². The summed E-state index contributed by atoms with van der Waals surface area (Å²) in [5, 5.41) is 7.60. The summed E-state index contributed by atoms with van der Waals surface area (Å²) in [6.45, 7) is 1.96. The minimum Gasteiger partial charge on any atom is -0.385 e. The fourth-order valence-corrected chi connectivity index (χ4v) is 1.76. The van der Waals surface area contributed by atoms with Gasteiger partial charge in [-0.05, 0) is 30.7 Å². The Labute approximate surface area is 83.9 Å². The van der Waals surface area contributed by atoms with E-state index in [1.54, 1.807) is 18.4 Å². The van der Waals surface area contributed by atoms with Crippen LogP contribution in [0.5, 0.6) is 0 Å². The van der Waals surface area contributed by atoms with Crippen molar-refractivity contribution in [3.05, 3.63) is 16.8 Å². The van der Waals surface area contributed by atoms with E-state index in [0.29, 0.717) is 0 Å². The van der Waals surface area contributed by atoms with Gasteiger partial charge < -0.3 is 10.1 Å². The second kappa shape index (κ2) is 6.92. The fourth-order valence-electron chi connectivity index (χ4n) is 1.15. The Kier molecular flexibility index (Phi) is 5.61. The summed E-state index contributed by atoms with van der Waals surface area (Å²) < 4.78 is 4.98. The van der Waals surface area contributed by atoms with E-state index in [2.05, 4.69) is 22.1 Å². The van der Waals surface area contributed by atoms with Crippen LogP contribution in [0, 0.1) is 0 Å². The van der Waals surface area contributed by atoms with Gasteiger partial charge in [-0.3, -0.25) is 0 Å². The van der Waals surface area contributed by atoms with Crippen molar-refractivity contribution in [1.82, 2.24) is 0 Å². The lowest BCUT2D eigenvalue weighted by atomic mass is 10.2. The molecular weight excluding hydrogens is 182 g/mol. The molecule has 0 bridgehead atoms. The maximum absolute atomic E-state index is 4.98. The molecule has 0 aliphatic carbocycles. The number of methoxy groups -OCH3 is 1. The van der Waals surface area contributed by atoms with Gasteiger partial charge in [0.1, 0.15) is 0 Å². The van der Waals surface area contributed by atoms with Crippen LogP contribution in [-0.2, 0) is 4.74 Å². The number of nitrogens with one attached hydrogen (secondary N) is 1. The lowest BCUT2D eigenvalue weighted by molar-refractivity contribution is 0.192. The zero-order chi connectivity index (χ0) is 9.36. The Bertz CT molecular complexity index is 199. The van der Waals surface area contributed by atoms with E-state index in [0.717, 1.165) is 13.2 Å². The first-order chi connectivity index (χ1) is 6.43. The molecule has 0 amide bonds. The van der Waals surface area contributed by atoms with Crippen molar-refractivity contribution in [1.29, 1.82) is 0 Å². The zero-order valence-corrected chi connectivity index (χ0v) is 8.90. The summed E-state index contributed by atoms with van der Waals surface area (Å²) in [5.41, 5.74) is 1.25. The molecule has 0 aliphatic heterocycles. The predicted octanol–water partition coefficient (Wildman–Crippen LogP) is 2.98. The fraction of sp³-hybridized carbons (Fsp3) is 0.600. The van der Waals surface area contributed by atoms with Gasteiger partial charge in [0.15, 0.2) is 0 Å². The van der Waals surface area contributed by atoms with Crippen molar-refractivity contribution in [2.75, 3.05) is 25.6 Å². The molecule has 3 heteroatoms. The van der Waals surface area contributed by atoms with E-state index in [-0.39, 0.29) is 0 Å². The van der Waals surface area contributed by atoms with Crippen molar-refractivity contribution >= 4 is 17.0 Å². The first kappa shape index (κ1) is 10.5. The molecule has 0 aromatic carbocycles. The first-order valence-corrected chi connectivity index (χ1v) is 5.63. The highest BCUT2D eigenvalue weighted by Crippen LogP contribution is 2.11. The predicted molar refractivity (Wildman–Crippen MR) is 58.5 cm³/mol. The lowest BCUT2D eigenvalue weighted by Crippen LogP contribution is -2.00. The summed E-state index contributed by atoms with van der Waals surface area (Å²) in [4.78, 5) is 0. The molecule has 0 saturated heterocycles. The van der Waals surface area contributed by atoms with Crippen LogP contribution in [-0.4, -0.2) is 20.3 Å². The molecule has 13 heavy (non-hydrogen) atoms. The van der Waals surface area contributed by atoms with Gasteiger partial charge in [0.25, 0.3) is 0 Å². The van der Waals surface area contributed by atoms with Crippen LogP contribution in [0.1, 0.15) is 19.3 Å². The third-order valence-corrected chi connectivity index (χ3v) is 2.56. The van der Waals surface area contributed by atoms with E-state index in [1.165, 1.54) is 24.9 Å². The minimum atomic E-state index is 0.887. The number of thiophene rings is 1. The molecule has 0 saturated carbocycles. The first-order valence-electron chi connectivity index (χ1n) is 4.68. The highest BCUT2D eigenvalue weighted by atomic mass is 32.1. The molecule has 0 fully saturated rings. The van der Waals surface area contributed by atoms with Gasteiger partial charge in [0, 0.05) is 31.3 Å². The van der Waals surface area contributed by atoms with Gasteiger partial charge in [-0.1, -0.05) is 0 Å². The van der Waals surface area contributed by atoms with Crippen LogP contribution in [0.4, 0.5) is 5.69 Å². The quantitative estimate of drug-likeness (QED) is 0.682. The van der Waals surface area contributed by atoms with Gasteiger partial charge in [-0.15, -0.1) is 0 Å². The highest BCUT2D eigenvalue weighted by Gasteiger charge is 1.91. The molecule has 1 aromatic rings. The van der Waals surface area contributed by atoms with E-state index in [9.17, 15) is 0 Å². The maximum atomic E-state index is 4.98. The molecule has 0 unspecified atom stereocenters. The maximum Gasteiger partial charge on any atom is 0.0462 e. The molecular formula is C10H17NOS. The summed E-state index contributed by atoms with van der Waals surface area (Å²) in [6, 6.07) is 2.11. The summed E-state index contributed by atoms with van der Waals surface area (Å²) in [7, 11) is 1.75. The SMILES string of the molecule is COCCCCCNc1ccsc1. The van der Waals surface area contributed by atoms with Crippen LogP contribution in [0.2, 0.25) is 0 Å². The number of unbranched alkanes of at least 4 members (excludes halogenated alkanes) is 2. The standard InChI is InChI=1S/C10H17NOS/c1-12-7-4-2-3-6-11-10-5-8-13-9-10/h5,8-9,11H,2-4,6-7H2,1H3. The summed E-state index contributed by atoms with van der Waals surface area (Å²) in [5.74, 6) is 0. The average molecular weight is 199 g/mol. The largest absolute Gasteiger partial charge is 0.385 e. The second-order valence-electron chi connectivity index (χ2n) is 2.99. The van der Waals surface area contributed by atoms with Crippen LogP contribution >= 0.6 is 11.3 Å². The zero-order valence-electron chi connectivity index (χ0n) is 8.08. The van der Waals surface area contributed by atoms with Gasteiger partial charge in [-0.25, -0.2) is 0 Å². The van der Waals surface area contributed by atoms with E-state index in [4.69, 9.17) is 4.74 Å². The smallest absolute Gasteiger partial charge is 0.0462 e. The number of hydrogen-bond acceptors (Lipinski definition) is 3. The number of anilines is 1. The van der Waals surface area contributed by atoms with Gasteiger partial charge in [0.2, 0.25) is 0 Å². The van der Waals surface area contributed by atoms with Crippen molar-refractivity contribution in [3.8, 4) is 0 Å². The van der Waals surface area contributed by atoms with Gasteiger partial charge in [-0.2, -0.15) is 11.3 Å². The molecule has 1 N–H and O–H groups in total. The van der Waals surface area contributed by atoms with Crippen molar-refractivity contribution in [3.63, 3.8) is 0 Å². The number of ether oxygens (including phenoxy) is 1. The highest BCUT2D eigenvalue weighted by molar-refractivity contribution is 7.08. The van der Waals surface area contributed by atoms with Gasteiger partial charge in [0.05, 0.1) is 0 Å². The molecule has 1 aromatic heterocycles. The van der Waals surface area contributed by atoms with Crippen molar-refractivity contribution < 1.29 is 4.74 Å². The number of hydrogen-bond donors (Lipinski definition) is 1. The summed E-state index contributed by atoms with van der Waals surface area (Å²) >= 11 is 1.73. The Morgan fingerprint density at radius 2 is 2.31 bits per heavy atom. The van der Waals surface area contributed by atoms with Gasteiger partial charge >= 0.3 is 0 Å². The molecule has 0 atom stereocenters. The molecule has 0 aliphatic rings. The third kappa shape index (κ3) is 4.90. The van der Waals surface area contributed by atoms with E-state index in [1.807, 2.05) is 0 Å². The topological polar surface area (TPSA) is 21.3 Å². The van der Waals surface area contributed by atoms with Crippen LogP contribution in [0.3, 0.4) is 0 Å². The molecule has 2 nitrogen and oxygen atoms in total. The Balaban J connectivity index is 1.90. The Morgan fingerprint density at radius 3 is 3.00 bits per heavy atom. The summed E-state index contributed by atoms with van der Waals surface area (Å²) in [6.07, 6.45) is 3.63. The Hall–Kier alpha value is -0.540. The average Bonchev–Trinajstić information content (AvgIpc) is 2.63. The lowest BCUT2D eigenvalue weighted by Gasteiger charge is -2.03. The van der Waals surface area contributed by atoms with Crippen LogP contribution in [0.15, 0.2) is 16.8 Å². The minimum absolute atomic E-state index is 0.887. The number of rotatable bonds is 7. The van der Waals surface area contributed by atoms with Crippen molar-refractivity contribution in [2.24, 2.45) is 0 Å². The van der Waals surface area contributed by atoms with Crippen molar-refractivity contribution in [2.45, 2.75) is 19.3 Å². The second-order valence-corrected chi connectivity index (χ2v) is 3.77. The van der Waals surface area contributed by atoms with E-state index < -0.39 is 0 Å². The molecule has 0 spiro atoms. The molecule has 0 radical (unpaired) electrons. The Morgan fingerprint density at radius 1 is 1.38 bits per heavy atom. The monoisotopic (exact) mass is 199 g/mol. The van der Waals surface area contributed by atoms with Crippen LogP contribution < -0.4 is 5.32 Å². The van der Waals surface area contributed by atoms with E-state index >= 15 is 0 Å². The normalized spacial score (nSPS) is 10.2. The third-order valence-electron chi connectivity index (χ3n) is 1.88.